The summed E-state index contributed by atoms with van der Waals surface area (Å²) in [5.74, 6) is 0.676. The van der Waals surface area contributed by atoms with Gasteiger partial charge in [-0.1, -0.05) is 6.92 Å². The van der Waals surface area contributed by atoms with Gasteiger partial charge < -0.3 is 9.32 Å². The molecular formula is C22H22N4O2S. The van der Waals surface area contributed by atoms with Crippen molar-refractivity contribution in [2.75, 3.05) is 6.54 Å². The van der Waals surface area contributed by atoms with Gasteiger partial charge in [-0.3, -0.25) is 9.48 Å². The van der Waals surface area contributed by atoms with Crippen molar-refractivity contribution in [1.29, 1.82) is 0 Å². The molecule has 0 fully saturated rings. The van der Waals surface area contributed by atoms with E-state index in [-0.39, 0.29) is 11.9 Å². The lowest BCUT2D eigenvalue weighted by Gasteiger charge is -2.35. The molecule has 1 aliphatic rings. The van der Waals surface area contributed by atoms with E-state index in [1.807, 2.05) is 37.1 Å². The number of thiophene rings is 1. The maximum atomic E-state index is 13.8. The molecule has 0 aliphatic carbocycles. The molecule has 6 nitrogen and oxygen atoms in total. The molecule has 29 heavy (non-hydrogen) atoms. The summed E-state index contributed by atoms with van der Waals surface area (Å²) in [4.78, 5) is 22.0. The van der Waals surface area contributed by atoms with Crippen LogP contribution in [0.1, 0.15) is 45.9 Å². The fourth-order valence-corrected chi connectivity index (χ4v) is 5.33. The minimum Gasteiger partial charge on any atom is -0.463 e. The van der Waals surface area contributed by atoms with Gasteiger partial charge in [-0.15, -0.1) is 11.3 Å². The summed E-state index contributed by atoms with van der Waals surface area (Å²) in [5, 5.41) is 7.47. The van der Waals surface area contributed by atoms with Crippen LogP contribution in [0.15, 0.2) is 40.3 Å². The summed E-state index contributed by atoms with van der Waals surface area (Å²) in [5.41, 5.74) is 4.09. The smallest absolute Gasteiger partial charge is 0.255 e. The predicted molar refractivity (Wildman–Crippen MR) is 113 cm³/mol. The number of fused-ring (bicyclic) bond motifs is 2. The second-order valence-electron chi connectivity index (χ2n) is 7.41. The largest absolute Gasteiger partial charge is 0.463 e. The summed E-state index contributed by atoms with van der Waals surface area (Å²) < 4.78 is 7.29. The van der Waals surface area contributed by atoms with Gasteiger partial charge in [0.05, 0.1) is 28.9 Å². The molecule has 0 saturated carbocycles. The van der Waals surface area contributed by atoms with Crippen LogP contribution in [0.4, 0.5) is 0 Å². The molecule has 1 amide bonds. The van der Waals surface area contributed by atoms with Crippen LogP contribution in [0.3, 0.4) is 0 Å². The molecule has 4 aromatic heterocycles. The zero-order valence-corrected chi connectivity index (χ0v) is 17.5. The van der Waals surface area contributed by atoms with Crippen LogP contribution in [0, 0.1) is 6.92 Å². The third-order valence-electron chi connectivity index (χ3n) is 5.72. The number of amides is 1. The lowest BCUT2D eigenvalue weighted by molar-refractivity contribution is 0.0659. The van der Waals surface area contributed by atoms with E-state index in [4.69, 9.17) is 9.40 Å². The molecule has 0 bridgehead atoms. The third-order valence-corrected chi connectivity index (χ3v) is 6.71. The number of rotatable bonds is 3. The van der Waals surface area contributed by atoms with Gasteiger partial charge in [-0.05, 0) is 55.0 Å². The minimum absolute atomic E-state index is 0.0324. The molecule has 148 valence electrons. The van der Waals surface area contributed by atoms with E-state index in [1.165, 1.54) is 10.4 Å². The molecule has 5 rings (SSSR count). The van der Waals surface area contributed by atoms with E-state index in [2.05, 4.69) is 23.5 Å². The fourth-order valence-electron chi connectivity index (χ4n) is 4.40. The standard InChI is InChI=1S/C22H22N4O2S/c1-4-17-14-8-11-29-19(14)7-9-26(17)22(27)15-12-16(18-6-5-10-28-18)23-21-20(15)13(2)24-25(21)3/h5-6,8,10-12,17H,4,7,9H2,1-3H3. The van der Waals surface area contributed by atoms with Crippen LogP contribution in [0.25, 0.3) is 22.5 Å². The Kier molecular flexibility index (Phi) is 4.28. The number of carbonyl (C=O) groups is 1. The highest BCUT2D eigenvalue weighted by Gasteiger charge is 2.32. The lowest BCUT2D eigenvalue weighted by Crippen LogP contribution is -2.39. The number of hydrogen-bond acceptors (Lipinski definition) is 5. The fraction of sp³-hybridized carbons (Fsp3) is 0.318. The third kappa shape index (κ3) is 2.80. The molecule has 0 aromatic carbocycles. The van der Waals surface area contributed by atoms with Gasteiger partial charge in [-0.25, -0.2) is 4.98 Å². The summed E-state index contributed by atoms with van der Waals surface area (Å²) >= 11 is 1.79. The topological polar surface area (TPSA) is 64.2 Å². The first-order valence-corrected chi connectivity index (χ1v) is 10.7. The second kappa shape index (κ2) is 6.84. The van der Waals surface area contributed by atoms with Gasteiger partial charge in [-0.2, -0.15) is 5.10 Å². The Morgan fingerprint density at radius 2 is 2.24 bits per heavy atom. The average Bonchev–Trinajstić information content (AvgIpc) is 3.47. The summed E-state index contributed by atoms with van der Waals surface area (Å²) in [6, 6.07) is 7.81. The highest BCUT2D eigenvalue weighted by atomic mass is 32.1. The van der Waals surface area contributed by atoms with E-state index in [0.717, 1.165) is 30.5 Å². The Morgan fingerprint density at radius 1 is 1.38 bits per heavy atom. The number of furan rings is 1. The van der Waals surface area contributed by atoms with Crippen molar-refractivity contribution in [1.82, 2.24) is 19.7 Å². The molecule has 4 aromatic rings. The van der Waals surface area contributed by atoms with E-state index in [9.17, 15) is 4.79 Å². The zero-order chi connectivity index (χ0) is 20.1. The number of hydrogen-bond donors (Lipinski definition) is 0. The Balaban J connectivity index is 1.67. The predicted octanol–water partition coefficient (Wildman–Crippen LogP) is 4.75. The van der Waals surface area contributed by atoms with Crippen LogP contribution >= 0.6 is 11.3 Å². The van der Waals surface area contributed by atoms with Crippen molar-refractivity contribution in [3.05, 3.63) is 57.6 Å². The molecule has 1 atom stereocenters. The van der Waals surface area contributed by atoms with Gasteiger partial charge in [0.15, 0.2) is 11.4 Å². The maximum absolute atomic E-state index is 13.8. The highest BCUT2D eigenvalue weighted by Crippen LogP contribution is 2.37. The SMILES string of the molecule is CCC1c2ccsc2CCN1C(=O)c1cc(-c2ccco2)nc2c1c(C)nn2C. The second-order valence-corrected chi connectivity index (χ2v) is 8.41. The molecule has 0 N–H and O–H groups in total. The molecule has 1 unspecified atom stereocenters. The summed E-state index contributed by atoms with van der Waals surface area (Å²) in [6.45, 7) is 4.80. The first kappa shape index (κ1) is 18.1. The first-order chi connectivity index (χ1) is 14.1. The van der Waals surface area contributed by atoms with Gasteiger partial charge in [0.1, 0.15) is 5.69 Å². The monoisotopic (exact) mass is 406 g/mol. The van der Waals surface area contributed by atoms with E-state index in [1.54, 1.807) is 22.3 Å². The lowest BCUT2D eigenvalue weighted by atomic mass is 9.96. The Morgan fingerprint density at radius 3 is 3.00 bits per heavy atom. The van der Waals surface area contributed by atoms with Gasteiger partial charge in [0.25, 0.3) is 5.91 Å². The van der Waals surface area contributed by atoms with Crippen molar-refractivity contribution in [2.45, 2.75) is 32.7 Å². The molecule has 0 saturated heterocycles. The Hall–Kier alpha value is -2.93. The van der Waals surface area contributed by atoms with Crippen LogP contribution < -0.4 is 0 Å². The van der Waals surface area contributed by atoms with Gasteiger partial charge in [0.2, 0.25) is 0 Å². The maximum Gasteiger partial charge on any atom is 0.255 e. The number of aryl methyl sites for hydroxylation is 2. The quantitative estimate of drug-likeness (QED) is 0.493. The molecule has 0 spiro atoms. The molecular weight excluding hydrogens is 384 g/mol. The van der Waals surface area contributed by atoms with Crippen LogP contribution in [0.5, 0.6) is 0 Å². The van der Waals surface area contributed by atoms with Crippen molar-refractivity contribution >= 4 is 28.3 Å². The van der Waals surface area contributed by atoms with Crippen molar-refractivity contribution < 1.29 is 9.21 Å². The van der Waals surface area contributed by atoms with E-state index in [0.29, 0.717) is 22.7 Å². The van der Waals surface area contributed by atoms with Crippen LogP contribution in [-0.4, -0.2) is 32.1 Å². The normalized spacial score (nSPS) is 16.4. The van der Waals surface area contributed by atoms with E-state index >= 15 is 0 Å². The molecule has 5 heterocycles. The molecule has 0 radical (unpaired) electrons. The average molecular weight is 407 g/mol. The number of pyridine rings is 1. The highest BCUT2D eigenvalue weighted by molar-refractivity contribution is 7.10. The number of carbonyl (C=O) groups excluding carboxylic acids is 1. The Labute approximate surface area is 172 Å². The molecule has 1 aliphatic heterocycles. The minimum atomic E-state index is 0.0324. The van der Waals surface area contributed by atoms with Crippen molar-refractivity contribution in [3.8, 4) is 11.5 Å². The van der Waals surface area contributed by atoms with Crippen LogP contribution in [0.2, 0.25) is 0 Å². The Bertz CT molecular complexity index is 1210. The van der Waals surface area contributed by atoms with Gasteiger partial charge >= 0.3 is 0 Å². The summed E-state index contributed by atoms with van der Waals surface area (Å²) in [7, 11) is 1.86. The van der Waals surface area contributed by atoms with Crippen molar-refractivity contribution in [3.63, 3.8) is 0 Å². The number of aromatic nitrogens is 3. The molecule has 7 heteroatoms. The first-order valence-electron chi connectivity index (χ1n) is 9.84. The zero-order valence-electron chi connectivity index (χ0n) is 16.7. The summed E-state index contributed by atoms with van der Waals surface area (Å²) in [6.07, 6.45) is 3.41. The van der Waals surface area contributed by atoms with Gasteiger partial charge in [0, 0.05) is 18.5 Å². The number of nitrogens with zero attached hydrogens (tertiary/aromatic N) is 4. The van der Waals surface area contributed by atoms with Crippen LogP contribution in [-0.2, 0) is 13.5 Å². The van der Waals surface area contributed by atoms with Crippen molar-refractivity contribution in [2.24, 2.45) is 7.05 Å². The van der Waals surface area contributed by atoms with E-state index < -0.39 is 0 Å².